The maximum Gasteiger partial charge on any atom is 0.279 e. The fraction of sp³-hybridized carbons (Fsp3) is 0.0909. The van der Waals surface area contributed by atoms with Crippen molar-refractivity contribution in [3.8, 4) is 11.4 Å². The molecule has 0 unspecified atom stereocenters. The van der Waals surface area contributed by atoms with Crippen molar-refractivity contribution in [2.24, 2.45) is 0 Å². The van der Waals surface area contributed by atoms with Gasteiger partial charge in [0.2, 0.25) is 0 Å². The average Bonchev–Trinajstić information content (AvgIpc) is 2.79. The largest absolute Gasteiger partial charge is 0.497 e. The summed E-state index contributed by atoms with van der Waals surface area (Å²) >= 11 is 0. The van der Waals surface area contributed by atoms with E-state index in [0.29, 0.717) is 22.2 Å². The first-order valence-electron chi connectivity index (χ1n) is 9.02. The van der Waals surface area contributed by atoms with Gasteiger partial charge in [0.1, 0.15) is 5.75 Å². The molecule has 0 aliphatic carbocycles. The molecule has 0 aliphatic heterocycles. The number of pyridine rings is 1. The van der Waals surface area contributed by atoms with E-state index in [1.54, 1.807) is 61.8 Å². The van der Waals surface area contributed by atoms with E-state index in [1.165, 1.54) is 4.68 Å². The second-order valence-corrected chi connectivity index (χ2v) is 6.31. The summed E-state index contributed by atoms with van der Waals surface area (Å²) in [7, 11) is 1.57. The Morgan fingerprint density at radius 2 is 1.72 bits per heavy atom. The standard InChI is InChI=1S/C22H18N4O3/c1-29-17-11-9-16(10-12-17)26-22(28)19-8-3-2-7-18(19)20(25-26)21(27)24-14-15-6-4-5-13-23-15/h2-13H,14H2,1H3,(H,24,27). The van der Waals surface area contributed by atoms with Crippen molar-refractivity contribution in [2.45, 2.75) is 6.54 Å². The van der Waals surface area contributed by atoms with Crippen molar-refractivity contribution < 1.29 is 9.53 Å². The quantitative estimate of drug-likeness (QED) is 0.570. The molecule has 7 nitrogen and oxygen atoms in total. The number of carbonyl (C=O) groups excluding carboxylic acids is 1. The van der Waals surface area contributed by atoms with Gasteiger partial charge in [0, 0.05) is 11.6 Å². The summed E-state index contributed by atoms with van der Waals surface area (Å²) in [5.74, 6) is 0.282. The van der Waals surface area contributed by atoms with Crippen molar-refractivity contribution in [2.75, 3.05) is 7.11 Å². The van der Waals surface area contributed by atoms with E-state index < -0.39 is 0 Å². The number of benzene rings is 2. The third-order valence-corrected chi connectivity index (χ3v) is 4.49. The maximum atomic E-state index is 13.0. The van der Waals surface area contributed by atoms with Gasteiger partial charge in [-0.25, -0.2) is 0 Å². The highest BCUT2D eigenvalue weighted by Gasteiger charge is 2.17. The van der Waals surface area contributed by atoms with E-state index in [9.17, 15) is 9.59 Å². The van der Waals surface area contributed by atoms with Crippen LogP contribution in [0.2, 0.25) is 0 Å². The van der Waals surface area contributed by atoms with E-state index in [-0.39, 0.29) is 23.7 Å². The summed E-state index contributed by atoms with van der Waals surface area (Å²) in [5, 5.41) is 8.11. The van der Waals surface area contributed by atoms with Crippen molar-refractivity contribution in [3.05, 3.63) is 94.7 Å². The van der Waals surface area contributed by atoms with Crippen molar-refractivity contribution >= 4 is 16.7 Å². The molecule has 144 valence electrons. The molecule has 29 heavy (non-hydrogen) atoms. The minimum Gasteiger partial charge on any atom is -0.497 e. The Labute approximate surface area is 166 Å². The lowest BCUT2D eigenvalue weighted by Crippen LogP contribution is -2.30. The smallest absolute Gasteiger partial charge is 0.279 e. The number of hydrogen-bond donors (Lipinski definition) is 1. The maximum absolute atomic E-state index is 13.0. The summed E-state index contributed by atoms with van der Waals surface area (Å²) in [6.45, 7) is 0.261. The van der Waals surface area contributed by atoms with E-state index in [0.717, 1.165) is 5.69 Å². The first kappa shape index (κ1) is 18.4. The molecule has 0 radical (unpaired) electrons. The molecule has 0 bridgehead atoms. The van der Waals surface area contributed by atoms with Gasteiger partial charge in [-0.2, -0.15) is 9.78 Å². The van der Waals surface area contributed by atoms with E-state index in [4.69, 9.17) is 4.74 Å². The molecule has 4 rings (SSSR count). The van der Waals surface area contributed by atoms with Crippen LogP contribution in [0.25, 0.3) is 16.5 Å². The first-order valence-corrected chi connectivity index (χ1v) is 9.02. The molecule has 0 spiro atoms. The normalized spacial score (nSPS) is 10.7. The highest BCUT2D eigenvalue weighted by Crippen LogP contribution is 2.17. The third kappa shape index (κ3) is 3.70. The van der Waals surface area contributed by atoms with Gasteiger partial charge in [0.15, 0.2) is 5.69 Å². The molecule has 0 saturated carbocycles. The molecule has 2 aromatic heterocycles. The number of amides is 1. The van der Waals surface area contributed by atoms with Crippen LogP contribution >= 0.6 is 0 Å². The number of rotatable bonds is 5. The van der Waals surface area contributed by atoms with Crippen LogP contribution in [0, 0.1) is 0 Å². The Balaban J connectivity index is 1.77. The zero-order valence-corrected chi connectivity index (χ0v) is 15.7. The minimum atomic E-state index is -0.380. The highest BCUT2D eigenvalue weighted by atomic mass is 16.5. The monoisotopic (exact) mass is 386 g/mol. The predicted octanol–water partition coefficient (Wildman–Crippen LogP) is 2.72. The molecule has 0 atom stereocenters. The molecule has 1 N–H and O–H groups in total. The Morgan fingerprint density at radius 1 is 1.00 bits per heavy atom. The molecule has 7 heteroatoms. The second kappa shape index (κ2) is 7.93. The van der Waals surface area contributed by atoms with Gasteiger partial charge < -0.3 is 10.1 Å². The SMILES string of the molecule is COc1ccc(-n2nc(C(=O)NCc3ccccn3)c3ccccc3c2=O)cc1. The Bertz CT molecular complexity index is 1220. The average molecular weight is 386 g/mol. The van der Waals surface area contributed by atoms with Gasteiger partial charge in [-0.15, -0.1) is 0 Å². The number of aromatic nitrogens is 3. The van der Waals surface area contributed by atoms with Gasteiger partial charge in [-0.3, -0.25) is 14.6 Å². The zero-order valence-electron chi connectivity index (χ0n) is 15.7. The van der Waals surface area contributed by atoms with Crippen LogP contribution in [-0.2, 0) is 6.54 Å². The third-order valence-electron chi connectivity index (χ3n) is 4.49. The summed E-state index contributed by atoms with van der Waals surface area (Å²) in [6.07, 6.45) is 1.67. The van der Waals surface area contributed by atoms with E-state index >= 15 is 0 Å². The predicted molar refractivity (Wildman–Crippen MR) is 109 cm³/mol. The topological polar surface area (TPSA) is 86.1 Å². The number of nitrogens with zero attached hydrogens (tertiary/aromatic N) is 3. The van der Waals surface area contributed by atoms with Crippen LogP contribution in [-0.4, -0.2) is 27.8 Å². The van der Waals surface area contributed by atoms with Crippen LogP contribution in [0.3, 0.4) is 0 Å². The van der Waals surface area contributed by atoms with Crippen molar-refractivity contribution in [3.63, 3.8) is 0 Å². The van der Waals surface area contributed by atoms with E-state index in [1.807, 2.05) is 18.2 Å². The Hall–Kier alpha value is -4.00. The number of nitrogens with one attached hydrogen (secondary N) is 1. The van der Waals surface area contributed by atoms with Gasteiger partial charge in [0.25, 0.3) is 11.5 Å². The highest BCUT2D eigenvalue weighted by molar-refractivity contribution is 6.04. The molecular weight excluding hydrogens is 368 g/mol. The summed E-state index contributed by atoms with van der Waals surface area (Å²) < 4.78 is 6.40. The molecule has 0 saturated heterocycles. The lowest BCUT2D eigenvalue weighted by molar-refractivity contribution is 0.0945. The van der Waals surface area contributed by atoms with Crippen molar-refractivity contribution in [1.82, 2.24) is 20.1 Å². The number of ether oxygens (including phenoxy) is 1. The number of carbonyl (C=O) groups is 1. The number of hydrogen-bond acceptors (Lipinski definition) is 5. The van der Waals surface area contributed by atoms with Gasteiger partial charge in [0.05, 0.1) is 30.4 Å². The van der Waals surface area contributed by atoms with Crippen LogP contribution in [0.4, 0.5) is 0 Å². The van der Waals surface area contributed by atoms with Gasteiger partial charge in [-0.05, 0) is 42.5 Å². The lowest BCUT2D eigenvalue weighted by atomic mass is 10.1. The fourth-order valence-corrected chi connectivity index (χ4v) is 3.01. The van der Waals surface area contributed by atoms with Crippen LogP contribution in [0.1, 0.15) is 16.2 Å². The lowest BCUT2D eigenvalue weighted by Gasteiger charge is -2.11. The Morgan fingerprint density at radius 3 is 2.41 bits per heavy atom. The molecule has 2 heterocycles. The van der Waals surface area contributed by atoms with Gasteiger partial charge >= 0.3 is 0 Å². The second-order valence-electron chi connectivity index (χ2n) is 6.31. The molecular formula is C22H18N4O3. The molecule has 2 aromatic carbocycles. The summed E-state index contributed by atoms with van der Waals surface area (Å²) in [5.41, 5.74) is 1.15. The minimum absolute atomic E-state index is 0.173. The van der Waals surface area contributed by atoms with Crippen LogP contribution in [0.15, 0.2) is 77.7 Å². The van der Waals surface area contributed by atoms with Crippen LogP contribution < -0.4 is 15.6 Å². The number of methoxy groups -OCH3 is 1. The number of fused-ring (bicyclic) bond motifs is 1. The fourth-order valence-electron chi connectivity index (χ4n) is 3.01. The molecule has 4 aromatic rings. The van der Waals surface area contributed by atoms with Crippen molar-refractivity contribution in [1.29, 1.82) is 0 Å². The van der Waals surface area contributed by atoms with Gasteiger partial charge in [-0.1, -0.05) is 24.3 Å². The summed E-state index contributed by atoms with van der Waals surface area (Å²) in [4.78, 5) is 30.1. The molecule has 1 amide bonds. The first-order chi connectivity index (χ1) is 14.2. The molecule has 0 aliphatic rings. The summed E-state index contributed by atoms with van der Waals surface area (Å²) in [6, 6.07) is 19.3. The van der Waals surface area contributed by atoms with E-state index in [2.05, 4.69) is 15.4 Å². The zero-order chi connectivity index (χ0) is 20.2. The molecule has 0 fully saturated rings. The Kier molecular flexibility index (Phi) is 5.03. The van der Waals surface area contributed by atoms with Crippen LogP contribution in [0.5, 0.6) is 5.75 Å².